The van der Waals surface area contributed by atoms with Crippen LogP contribution in [0, 0.1) is 5.92 Å². The number of nitrogens with zero attached hydrogens (tertiary/aromatic N) is 2. The summed E-state index contributed by atoms with van der Waals surface area (Å²) in [5, 5.41) is 2.81. The summed E-state index contributed by atoms with van der Waals surface area (Å²) in [6.07, 6.45) is 19.0. The van der Waals surface area contributed by atoms with Gasteiger partial charge in [0.15, 0.2) is 5.71 Å². The highest BCUT2D eigenvalue weighted by atomic mass is 32.2. The van der Waals surface area contributed by atoms with Gasteiger partial charge in [0.1, 0.15) is 6.54 Å². The van der Waals surface area contributed by atoms with Gasteiger partial charge in [-0.1, -0.05) is 124 Å². The minimum atomic E-state index is -0.220. The molecule has 2 aliphatic heterocycles. The molecular formula is C49H53N2S+. The van der Waals surface area contributed by atoms with Gasteiger partial charge < -0.3 is 4.90 Å². The fraction of sp³-hybridized carbons (Fsp3) is 0.327. The Labute approximate surface area is 316 Å². The maximum absolute atomic E-state index is 2.72. The minimum absolute atomic E-state index is 0.0450. The largest absolute Gasteiger partial charge is 0.347 e. The Kier molecular flexibility index (Phi) is 9.74. The molecule has 1 spiro atoms. The van der Waals surface area contributed by atoms with E-state index in [9.17, 15) is 0 Å². The number of benzene rings is 5. The molecule has 2 heterocycles. The second-order valence-electron chi connectivity index (χ2n) is 15.8. The van der Waals surface area contributed by atoms with Crippen LogP contribution in [0.5, 0.6) is 0 Å². The van der Waals surface area contributed by atoms with Crippen molar-refractivity contribution >= 4 is 39.6 Å². The summed E-state index contributed by atoms with van der Waals surface area (Å²) in [5.41, 5.74) is 11.2. The summed E-state index contributed by atoms with van der Waals surface area (Å²) in [4.78, 5) is 3.81. The van der Waals surface area contributed by atoms with Crippen LogP contribution >= 0.6 is 11.8 Å². The van der Waals surface area contributed by atoms with Crippen molar-refractivity contribution < 1.29 is 4.58 Å². The van der Waals surface area contributed by atoms with Gasteiger partial charge in [-0.2, -0.15) is 4.58 Å². The van der Waals surface area contributed by atoms with Gasteiger partial charge in [-0.15, -0.1) is 11.8 Å². The van der Waals surface area contributed by atoms with E-state index in [1.165, 1.54) is 93.7 Å². The number of fused-ring (bicyclic) bond motifs is 5. The highest BCUT2D eigenvalue weighted by Gasteiger charge is 2.52. The number of rotatable bonds is 10. The molecule has 2 nitrogen and oxygen atoms in total. The normalized spacial score (nSPS) is 18.3. The third-order valence-corrected chi connectivity index (χ3v) is 13.0. The zero-order chi connectivity index (χ0) is 35.7. The number of likely N-dealkylation sites (N-methyl/N-ethyl adjacent to an activating group) is 1. The predicted molar refractivity (Wildman–Crippen MR) is 224 cm³/mol. The van der Waals surface area contributed by atoms with E-state index in [0.717, 1.165) is 19.4 Å². The summed E-state index contributed by atoms with van der Waals surface area (Å²) >= 11 is 1.84. The molecular weight excluding hydrogens is 649 g/mol. The molecule has 1 fully saturated rings. The summed E-state index contributed by atoms with van der Waals surface area (Å²) in [6, 6.07) is 43.3. The van der Waals surface area contributed by atoms with Crippen LogP contribution in [0.25, 0.3) is 10.8 Å². The minimum Gasteiger partial charge on any atom is -0.347 e. The second kappa shape index (κ2) is 14.6. The molecule has 0 N–H and O–H groups in total. The van der Waals surface area contributed by atoms with Crippen molar-refractivity contribution in [2.75, 3.05) is 24.7 Å². The molecule has 1 aliphatic carbocycles. The molecule has 0 aromatic heterocycles. The number of hydrogen-bond acceptors (Lipinski definition) is 2. The lowest BCUT2D eigenvalue weighted by molar-refractivity contribution is -0.439. The van der Waals surface area contributed by atoms with Crippen molar-refractivity contribution in [3.05, 3.63) is 161 Å². The van der Waals surface area contributed by atoms with Crippen LogP contribution in [0.1, 0.15) is 74.6 Å². The molecule has 3 heteroatoms. The second-order valence-corrected chi connectivity index (χ2v) is 16.7. The third-order valence-electron chi connectivity index (χ3n) is 12.2. The van der Waals surface area contributed by atoms with E-state index in [2.05, 4.69) is 170 Å². The van der Waals surface area contributed by atoms with Gasteiger partial charge in [-0.3, -0.25) is 0 Å². The van der Waals surface area contributed by atoms with Gasteiger partial charge >= 0.3 is 0 Å². The zero-order valence-electron chi connectivity index (χ0n) is 31.4. The number of thioether (sulfide) groups is 1. The Hall–Kier alpha value is -4.34. The summed E-state index contributed by atoms with van der Waals surface area (Å²) < 4.78 is 2.72. The van der Waals surface area contributed by atoms with Crippen LogP contribution in [-0.4, -0.2) is 30.1 Å². The molecule has 1 saturated carbocycles. The Morgan fingerprint density at radius 3 is 2.13 bits per heavy atom. The Morgan fingerprint density at radius 1 is 0.788 bits per heavy atom. The SMILES string of the molecule is CSc1ccc2c(c1)C(Cc1ccccc1)(Cc1ccccc1)C(=CC=CC1=[N+](CCC(C)C)c3ccc4ccccc4c3C13CCCCC3)N2C. The number of anilines is 1. The van der Waals surface area contributed by atoms with Gasteiger partial charge in [-0.25, -0.2) is 0 Å². The Balaban J connectivity index is 1.31. The maximum Gasteiger partial charge on any atom is 0.210 e. The first-order valence-electron chi connectivity index (χ1n) is 19.5. The van der Waals surface area contributed by atoms with Crippen LogP contribution in [0.15, 0.2) is 144 Å². The van der Waals surface area contributed by atoms with E-state index >= 15 is 0 Å². The lowest BCUT2D eigenvalue weighted by Gasteiger charge is -2.34. The molecule has 8 rings (SSSR count). The zero-order valence-corrected chi connectivity index (χ0v) is 32.3. The van der Waals surface area contributed by atoms with Crippen molar-refractivity contribution in [3.8, 4) is 0 Å². The fourth-order valence-corrected chi connectivity index (χ4v) is 10.2. The highest BCUT2D eigenvalue weighted by molar-refractivity contribution is 7.98. The average Bonchev–Trinajstić information content (AvgIpc) is 3.55. The third kappa shape index (κ3) is 6.15. The molecule has 0 amide bonds. The molecule has 5 aromatic carbocycles. The van der Waals surface area contributed by atoms with E-state index in [1.54, 1.807) is 5.56 Å². The van der Waals surface area contributed by atoms with Crippen molar-refractivity contribution in [1.29, 1.82) is 0 Å². The van der Waals surface area contributed by atoms with Crippen LogP contribution in [-0.2, 0) is 23.7 Å². The van der Waals surface area contributed by atoms with Gasteiger partial charge in [0.05, 0.1) is 5.41 Å². The Morgan fingerprint density at radius 2 is 1.46 bits per heavy atom. The maximum atomic E-state index is 2.72. The van der Waals surface area contributed by atoms with Crippen LogP contribution in [0.2, 0.25) is 0 Å². The predicted octanol–water partition coefficient (Wildman–Crippen LogP) is 12.2. The van der Waals surface area contributed by atoms with E-state index in [1.807, 2.05) is 11.8 Å². The molecule has 5 aromatic rings. The van der Waals surface area contributed by atoms with Gasteiger partial charge in [-0.05, 0) is 95.7 Å². The van der Waals surface area contributed by atoms with Crippen molar-refractivity contribution in [2.24, 2.45) is 5.92 Å². The average molecular weight is 702 g/mol. The van der Waals surface area contributed by atoms with E-state index < -0.39 is 0 Å². The fourth-order valence-electron chi connectivity index (χ4n) is 9.77. The quantitative estimate of drug-likeness (QED) is 0.106. The van der Waals surface area contributed by atoms with E-state index in [0.29, 0.717) is 5.92 Å². The number of allylic oxidation sites excluding steroid dienone is 4. The van der Waals surface area contributed by atoms with Crippen LogP contribution in [0.3, 0.4) is 0 Å². The summed E-state index contributed by atoms with van der Waals surface area (Å²) in [7, 11) is 2.29. The topological polar surface area (TPSA) is 6.25 Å². The Bertz CT molecular complexity index is 2110. The molecule has 0 unspecified atom stereocenters. The van der Waals surface area contributed by atoms with Crippen LogP contribution in [0.4, 0.5) is 11.4 Å². The van der Waals surface area contributed by atoms with Crippen LogP contribution < -0.4 is 4.90 Å². The smallest absolute Gasteiger partial charge is 0.210 e. The first-order chi connectivity index (χ1) is 25.4. The van der Waals surface area contributed by atoms with Crippen molar-refractivity contribution in [2.45, 2.75) is 80.9 Å². The van der Waals surface area contributed by atoms with E-state index in [-0.39, 0.29) is 10.8 Å². The van der Waals surface area contributed by atoms with E-state index in [4.69, 9.17) is 0 Å². The summed E-state index contributed by atoms with van der Waals surface area (Å²) in [5.74, 6) is 0.646. The van der Waals surface area contributed by atoms with Gasteiger partial charge in [0.25, 0.3) is 0 Å². The molecule has 0 radical (unpaired) electrons. The first kappa shape index (κ1) is 34.7. The monoisotopic (exact) mass is 701 g/mol. The van der Waals surface area contributed by atoms with Gasteiger partial charge in [0.2, 0.25) is 5.69 Å². The number of hydrogen-bond donors (Lipinski definition) is 0. The lowest BCUT2D eigenvalue weighted by Crippen LogP contribution is -2.37. The van der Waals surface area contributed by atoms with Crippen molar-refractivity contribution in [1.82, 2.24) is 0 Å². The van der Waals surface area contributed by atoms with Gasteiger partial charge in [0, 0.05) is 52.9 Å². The lowest BCUT2D eigenvalue weighted by atomic mass is 9.66. The molecule has 0 bridgehead atoms. The standard InChI is InChI=1S/C49H53N2S/c1-36(2)29-32-51-44-27-25-39-21-12-13-22-41(39)47(44)48(30-14-7-15-31-48)46(51)24-16-23-45-49(34-37-17-8-5-9-18-37,35-38-19-10-6-11-20-38)42-33-40(52-4)26-28-43(42)50(45)3/h5-6,8-13,16-28,33,36H,7,14-15,29-32,34-35H2,1-4H3/q+1. The highest BCUT2D eigenvalue weighted by Crippen LogP contribution is 2.54. The molecule has 264 valence electrons. The van der Waals surface area contributed by atoms with Crippen molar-refractivity contribution in [3.63, 3.8) is 0 Å². The molecule has 3 aliphatic rings. The molecule has 0 atom stereocenters. The first-order valence-corrected chi connectivity index (χ1v) is 20.7. The molecule has 52 heavy (non-hydrogen) atoms. The molecule has 0 saturated heterocycles. The summed E-state index contributed by atoms with van der Waals surface area (Å²) in [6.45, 7) is 5.78.